The van der Waals surface area contributed by atoms with Gasteiger partial charge in [0.1, 0.15) is 6.10 Å². The lowest BCUT2D eigenvalue weighted by Gasteiger charge is -2.10. The van der Waals surface area contributed by atoms with E-state index in [2.05, 4.69) is 4.98 Å². The number of nitrogens with one attached hydrogen (secondary N) is 1. The highest BCUT2D eigenvalue weighted by atomic mass is 16.3. The van der Waals surface area contributed by atoms with E-state index in [1.807, 2.05) is 0 Å². The van der Waals surface area contributed by atoms with Gasteiger partial charge in [-0.05, 0) is 13.0 Å². The van der Waals surface area contributed by atoms with Crippen LogP contribution in [-0.4, -0.2) is 21.3 Å². The monoisotopic (exact) mass is 141 g/mol. The molecule has 0 saturated carbocycles. The molecule has 1 rings (SSSR count). The van der Waals surface area contributed by atoms with Crippen molar-refractivity contribution in [3.8, 4) is 0 Å². The van der Waals surface area contributed by atoms with Gasteiger partial charge in [0.2, 0.25) is 0 Å². The molecule has 10 heavy (non-hydrogen) atoms. The Balaban J connectivity index is 2.68. The lowest BCUT2D eigenvalue weighted by atomic mass is 10.1. The van der Waals surface area contributed by atoms with Crippen molar-refractivity contribution in [3.63, 3.8) is 0 Å². The van der Waals surface area contributed by atoms with E-state index in [0.717, 1.165) is 5.56 Å². The normalized spacial score (nSPS) is 16.7. The molecule has 0 fully saturated rings. The third-order valence-electron chi connectivity index (χ3n) is 1.42. The molecule has 0 amide bonds. The zero-order valence-corrected chi connectivity index (χ0v) is 5.78. The molecule has 0 saturated heterocycles. The Morgan fingerprint density at radius 2 is 2.20 bits per heavy atom. The summed E-state index contributed by atoms with van der Waals surface area (Å²) in [7, 11) is 0. The van der Waals surface area contributed by atoms with E-state index in [-0.39, 0.29) is 0 Å². The van der Waals surface area contributed by atoms with Gasteiger partial charge in [-0.2, -0.15) is 0 Å². The average molecular weight is 141 g/mol. The average Bonchev–Trinajstić information content (AvgIpc) is 2.36. The summed E-state index contributed by atoms with van der Waals surface area (Å²) >= 11 is 0. The molecule has 1 aromatic heterocycles. The minimum atomic E-state index is -0.772. The molecular formula is C7H11NO2. The van der Waals surface area contributed by atoms with Gasteiger partial charge in [-0.3, -0.25) is 0 Å². The Morgan fingerprint density at radius 3 is 2.60 bits per heavy atom. The molecule has 3 nitrogen and oxygen atoms in total. The summed E-state index contributed by atoms with van der Waals surface area (Å²) in [5.41, 5.74) is 0.718. The largest absolute Gasteiger partial charge is 0.390 e. The first-order valence-electron chi connectivity index (χ1n) is 3.20. The third kappa shape index (κ3) is 1.37. The summed E-state index contributed by atoms with van der Waals surface area (Å²) in [6, 6.07) is 1.73. The molecule has 0 aliphatic heterocycles. The quantitative estimate of drug-likeness (QED) is 0.559. The van der Waals surface area contributed by atoms with Gasteiger partial charge in [0.25, 0.3) is 0 Å². The van der Waals surface area contributed by atoms with Crippen molar-refractivity contribution in [3.05, 3.63) is 24.0 Å². The van der Waals surface area contributed by atoms with E-state index in [4.69, 9.17) is 5.11 Å². The highest BCUT2D eigenvalue weighted by Crippen LogP contribution is 2.14. The van der Waals surface area contributed by atoms with Crippen molar-refractivity contribution in [1.29, 1.82) is 0 Å². The minimum Gasteiger partial charge on any atom is -0.390 e. The molecule has 3 heteroatoms. The van der Waals surface area contributed by atoms with Gasteiger partial charge in [-0.1, -0.05) is 0 Å². The molecule has 2 unspecified atom stereocenters. The smallest absolute Gasteiger partial charge is 0.106 e. The number of aromatic amines is 1. The summed E-state index contributed by atoms with van der Waals surface area (Å²) in [6.07, 6.45) is 1.89. The molecule has 0 bridgehead atoms. The zero-order valence-electron chi connectivity index (χ0n) is 5.78. The zero-order chi connectivity index (χ0) is 7.56. The Kier molecular flexibility index (Phi) is 2.09. The van der Waals surface area contributed by atoms with Crippen LogP contribution in [0.25, 0.3) is 0 Å². The van der Waals surface area contributed by atoms with E-state index in [9.17, 15) is 5.11 Å². The van der Waals surface area contributed by atoms with E-state index in [1.54, 1.807) is 25.4 Å². The second kappa shape index (κ2) is 2.86. The molecule has 56 valence electrons. The molecular weight excluding hydrogens is 130 g/mol. The molecule has 0 aromatic carbocycles. The number of aromatic nitrogens is 1. The van der Waals surface area contributed by atoms with Gasteiger partial charge in [0.15, 0.2) is 0 Å². The Labute approximate surface area is 59.3 Å². The number of hydrogen-bond acceptors (Lipinski definition) is 2. The predicted octanol–water partition coefficient (Wildman–Crippen LogP) is 0.429. The fraction of sp³-hybridized carbons (Fsp3) is 0.429. The molecule has 0 radical (unpaired) electrons. The lowest BCUT2D eigenvalue weighted by Crippen LogP contribution is -2.12. The fourth-order valence-corrected chi connectivity index (χ4v) is 0.799. The first-order chi connectivity index (χ1) is 4.72. The summed E-state index contributed by atoms with van der Waals surface area (Å²) in [5.74, 6) is 0. The van der Waals surface area contributed by atoms with Crippen LogP contribution in [0.2, 0.25) is 0 Å². The van der Waals surface area contributed by atoms with E-state index in [0.29, 0.717) is 0 Å². The van der Waals surface area contributed by atoms with Crippen molar-refractivity contribution in [2.45, 2.75) is 19.1 Å². The van der Waals surface area contributed by atoms with Crippen molar-refractivity contribution in [2.24, 2.45) is 0 Å². The van der Waals surface area contributed by atoms with Crippen molar-refractivity contribution in [1.82, 2.24) is 4.98 Å². The van der Waals surface area contributed by atoms with Crippen LogP contribution in [-0.2, 0) is 0 Å². The van der Waals surface area contributed by atoms with Crippen LogP contribution in [0.5, 0.6) is 0 Å². The molecule has 1 heterocycles. The maximum atomic E-state index is 9.22. The predicted molar refractivity (Wildman–Crippen MR) is 37.4 cm³/mol. The Morgan fingerprint density at radius 1 is 1.50 bits per heavy atom. The topological polar surface area (TPSA) is 56.2 Å². The van der Waals surface area contributed by atoms with Crippen LogP contribution >= 0.6 is 0 Å². The van der Waals surface area contributed by atoms with Crippen molar-refractivity contribution in [2.75, 3.05) is 0 Å². The van der Waals surface area contributed by atoms with Gasteiger partial charge in [-0.15, -0.1) is 0 Å². The molecule has 3 N–H and O–H groups in total. The van der Waals surface area contributed by atoms with E-state index in [1.165, 1.54) is 0 Å². The van der Waals surface area contributed by atoms with Gasteiger partial charge in [-0.25, -0.2) is 0 Å². The highest BCUT2D eigenvalue weighted by Gasteiger charge is 2.12. The van der Waals surface area contributed by atoms with Gasteiger partial charge >= 0.3 is 0 Å². The number of aliphatic hydroxyl groups excluding tert-OH is 2. The Hall–Kier alpha value is -0.800. The number of aliphatic hydroxyl groups is 2. The maximum Gasteiger partial charge on any atom is 0.106 e. The maximum absolute atomic E-state index is 9.22. The highest BCUT2D eigenvalue weighted by molar-refractivity contribution is 5.12. The molecule has 1 aromatic rings. The summed E-state index contributed by atoms with van der Waals surface area (Å²) < 4.78 is 0. The van der Waals surface area contributed by atoms with Crippen LogP contribution in [0.15, 0.2) is 18.5 Å². The van der Waals surface area contributed by atoms with Crippen LogP contribution in [0.4, 0.5) is 0 Å². The summed E-state index contributed by atoms with van der Waals surface area (Å²) in [6.45, 7) is 1.55. The van der Waals surface area contributed by atoms with Crippen LogP contribution in [0.1, 0.15) is 18.6 Å². The second-order valence-electron chi connectivity index (χ2n) is 2.33. The standard InChI is InChI=1S/C7H11NO2/c1-5(9)7(10)6-2-3-8-4-6/h2-5,7-10H,1H3. The number of H-pyrrole nitrogens is 1. The molecule has 2 atom stereocenters. The summed E-state index contributed by atoms with van der Waals surface area (Å²) in [5, 5.41) is 18.1. The SMILES string of the molecule is CC(O)C(O)c1cc[nH]c1. The van der Waals surface area contributed by atoms with Crippen LogP contribution in [0, 0.1) is 0 Å². The number of rotatable bonds is 2. The first-order valence-corrected chi connectivity index (χ1v) is 3.20. The van der Waals surface area contributed by atoms with Crippen LogP contribution < -0.4 is 0 Å². The molecule has 0 spiro atoms. The Bertz CT molecular complexity index is 181. The molecule has 0 aliphatic carbocycles. The second-order valence-corrected chi connectivity index (χ2v) is 2.33. The van der Waals surface area contributed by atoms with Gasteiger partial charge in [0, 0.05) is 18.0 Å². The van der Waals surface area contributed by atoms with E-state index >= 15 is 0 Å². The third-order valence-corrected chi connectivity index (χ3v) is 1.42. The summed E-state index contributed by atoms with van der Waals surface area (Å²) in [4.78, 5) is 2.79. The van der Waals surface area contributed by atoms with Gasteiger partial charge < -0.3 is 15.2 Å². The lowest BCUT2D eigenvalue weighted by molar-refractivity contribution is 0.0306. The first kappa shape index (κ1) is 7.31. The van der Waals surface area contributed by atoms with Crippen LogP contribution in [0.3, 0.4) is 0 Å². The van der Waals surface area contributed by atoms with Crippen molar-refractivity contribution >= 4 is 0 Å². The molecule has 0 aliphatic rings. The van der Waals surface area contributed by atoms with Gasteiger partial charge in [0.05, 0.1) is 6.10 Å². The number of hydrogen-bond donors (Lipinski definition) is 3. The van der Waals surface area contributed by atoms with Crippen molar-refractivity contribution < 1.29 is 10.2 Å². The van der Waals surface area contributed by atoms with E-state index < -0.39 is 12.2 Å². The minimum absolute atomic E-state index is 0.712. The fourth-order valence-electron chi connectivity index (χ4n) is 0.799.